The largest absolute Gasteiger partial charge is 0.480 e. The summed E-state index contributed by atoms with van der Waals surface area (Å²) in [6.45, 7) is 0.517. The highest BCUT2D eigenvalue weighted by Gasteiger charge is 2.36. The van der Waals surface area contributed by atoms with E-state index >= 15 is 0 Å². The van der Waals surface area contributed by atoms with Gasteiger partial charge < -0.3 is 14.9 Å². The third-order valence-electron chi connectivity index (χ3n) is 3.85. The SMILES string of the molecule is CN(C)[C@@H]1CCN(C(=O)Cc2ccsc2)[C@@H](C(=O)O)C1. The maximum atomic E-state index is 12.3. The zero-order chi connectivity index (χ0) is 14.7. The number of thiophene rings is 1. The molecule has 1 amide bonds. The fourth-order valence-corrected chi connectivity index (χ4v) is 3.29. The van der Waals surface area contributed by atoms with Crippen LogP contribution in [-0.4, -0.2) is 59.5 Å². The van der Waals surface area contributed by atoms with E-state index in [1.807, 2.05) is 35.8 Å². The second-order valence-corrected chi connectivity index (χ2v) is 6.17. The van der Waals surface area contributed by atoms with Crippen molar-refractivity contribution in [1.82, 2.24) is 9.80 Å². The minimum Gasteiger partial charge on any atom is -0.480 e. The number of carboxylic acids is 1. The summed E-state index contributed by atoms with van der Waals surface area (Å²) in [5.74, 6) is -0.997. The lowest BCUT2D eigenvalue weighted by Crippen LogP contribution is -2.54. The molecule has 6 heteroatoms. The van der Waals surface area contributed by atoms with Crippen LogP contribution in [0, 0.1) is 0 Å². The van der Waals surface area contributed by atoms with E-state index in [4.69, 9.17) is 0 Å². The molecule has 1 aliphatic heterocycles. The van der Waals surface area contributed by atoms with Gasteiger partial charge in [-0.3, -0.25) is 4.79 Å². The van der Waals surface area contributed by atoms with Gasteiger partial charge in [0.2, 0.25) is 5.91 Å². The van der Waals surface area contributed by atoms with Crippen LogP contribution in [0.25, 0.3) is 0 Å². The molecule has 2 atom stereocenters. The van der Waals surface area contributed by atoms with Crippen LogP contribution >= 0.6 is 11.3 Å². The second kappa shape index (κ2) is 6.37. The van der Waals surface area contributed by atoms with Gasteiger partial charge in [0.15, 0.2) is 0 Å². The normalized spacial score (nSPS) is 23.1. The van der Waals surface area contributed by atoms with Gasteiger partial charge in [0.25, 0.3) is 0 Å². The summed E-state index contributed by atoms with van der Waals surface area (Å²) in [4.78, 5) is 27.3. The lowest BCUT2D eigenvalue weighted by Gasteiger charge is -2.39. The summed E-state index contributed by atoms with van der Waals surface area (Å²) in [5, 5.41) is 13.2. The molecule has 110 valence electrons. The number of likely N-dealkylation sites (tertiary alicyclic amines) is 1. The average Bonchev–Trinajstić information content (AvgIpc) is 2.90. The van der Waals surface area contributed by atoms with Crippen molar-refractivity contribution in [2.45, 2.75) is 31.3 Å². The molecule has 1 aliphatic rings. The highest BCUT2D eigenvalue weighted by Crippen LogP contribution is 2.22. The quantitative estimate of drug-likeness (QED) is 0.909. The van der Waals surface area contributed by atoms with Gasteiger partial charge in [-0.2, -0.15) is 11.3 Å². The van der Waals surface area contributed by atoms with Crippen molar-refractivity contribution in [2.24, 2.45) is 0 Å². The first-order chi connectivity index (χ1) is 9.49. The Morgan fingerprint density at radius 1 is 1.50 bits per heavy atom. The third kappa shape index (κ3) is 3.37. The van der Waals surface area contributed by atoms with Gasteiger partial charge in [0.1, 0.15) is 6.04 Å². The van der Waals surface area contributed by atoms with Gasteiger partial charge >= 0.3 is 5.97 Å². The molecule has 0 saturated carbocycles. The van der Waals surface area contributed by atoms with Crippen LogP contribution in [0.4, 0.5) is 0 Å². The molecular weight excluding hydrogens is 276 g/mol. The number of hydrogen-bond donors (Lipinski definition) is 1. The monoisotopic (exact) mass is 296 g/mol. The summed E-state index contributed by atoms with van der Waals surface area (Å²) in [6, 6.07) is 1.42. The summed E-state index contributed by atoms with van der Waals surface area (Å²) >= 11 is 1.55. The molecule has 0 bridgehead atoms. The van der Waals surface area contributed by atoms with Crippen molar-refractivity contribution in [3.8, 4) is 0 Å². The molecular formula is C14H20N2O3S. The molecule has 20 heavy (non-hydrogen) atoms. The highest BCUT2D eigenvalue weighted by atomic mass is 32.1. The van der Waals surface area contributed by atoms with E-state index in [9.17, 15) is 14.7 Å². The van der Waals surface area contributed by atoms with Crippen LogP contribution in [0.3, 0.4) is 0 Å². The van der Waals surface area contributed by atoms with Crippen LogP contribution in [0.1, 0.15) is 18.4 Å². The molecule has 1 aromatic rings. The minimum absolute atomic E-state index is 0.0898. The van der Waals surface area contributed by atoms with Gasteiger partial charge in [-0.25, -0.2) is 4.79 Å². The second-order valence-electron chi connectivity index (χ2n) is 5.39. The van der Waals surface area contributed by atoms with E-state index in [2.05, 4.69) is 0 Å². The number of rotatable bonds is 4. The van der Waals surface area contributed by atoms with Crippen molar-refractivity contribution in [1.29, 1.82) is 0 Å². The first-order valence-corrected chi connectivity index (χ1v) is 7.63. The molecule has 0 aliphatic carbocycles. The maximum absolute atomic E-state index is 12.3. The van der Waals surface area contributed by atoms with Crippen molar-refractivity contribution in [2.75, 3.05) is 20.6 Å². The molecule has 0 aromatic carbocycles. The number of nitrogens with zero attached hydrogens (tertiary/aromatic N) is 2. The van der Waals surface area contributed by atoms with Crippen molar-refractivity contribution in [3.63, 3.8) is 0 Å². The van der Waals surface area contributed by atoms with Crippen LogP contribution in [0.5, 0.6) is 0 Å². The van der Waals surface area contributed by atoms with Gasteiger partial charge in [-0.1, -0.05) is 0 Å². The number of aliphatic carboxylic acids is 1. The fourth-order valence-electron chi connectivity index (χ4n) is 2.62. The molecule has 0 radical (unpaired) electrons. The molecule has 1 aromatic heterocycles. The lowest BCUT2D eigenvalue weighted by molar-refractivity contribution is -0.153. The number of carboxylic acid groups (broad SMARTS) is 1. The molecule has 1 fully saturated rings. The van der Waals surface area contributed by atoms with Crippen LogP contribution in [0.15, 0.2) is 16.8 Å². The van der Waals surface area contributed by atoms with E-state index in [0.29, 0.717) is 19.4 Å². The number of piperidine rings is 1. The average molecular weight is 296 g/mol. The standard InChI is InChI=1S/C14H20N2O3S/c1-15(2)11-3-5-16(12(8-11)14(18)19)13(17)7-10-4-6-20-9-10/h4,6,9,11-12H,3,5,7-8H2,1-2H3,(H,18,19)/t11-,12-/m1/s1. The summed E-state index contributed by atoms with van der Waals surface area (Å²) < 4.78 is 0. The van der Waals surface area contributed by atoms with E-state index in [1.54, 1.807) is 11.3 Å². The number of amides is 1. The smallest absolute Gasteiger partial charge is 0.326 e. The highest BCUT2D eigenvalue weighted by molar-refractivity contribution is 7.07. The van der Waals surface area contributed by atoms with E-state index < -0.39 is 12.0 Å². The molecule has 2 heterocycles. The molecule has 5 nitrogen and oxygen atoms in total. The first kappa shape index (κ1) is 15.0. The Kier molecular flexibility index (Phi) is 4.77. The zero-order valence-electron chi connectivity index (χ0n) is 11.8. The Labute approximate surface area is 122 Å². The number of hydrogen-bond acceptors (Lipinski definition) is 4. The topological polar surface area (TPSA) is 60.9 Å². The Balaban J connectivity index is 2.05. The zero-order valence-corrected chi connectivity index (χ0v) is 12.6. The first-order valence-electron chi connectivity index (χ1n) is 6.69. The Bertz CT molecular complexity index is 473. The third-order valence-corrected chi connectivity index (χ3v) is 4.58. The van der Waals surface area contributed by atoms with E-state index in [-0.39, 0.29) is 11.9 Å². The summed E-state index contributed by atoms with van der Waals surface area (Å²) in [7, 11) is 3.90. The predicted octanol–water partition coefficient (Wildman–Crippen LogP) is 1.30. The van der Waals surface area contributed by atoms with Crippen LogP contribution in [-0.2, 0) is 16.0 Å². The summed E-state index contributed by atoms with van der Waals surface area (Å²) in [6.07, 6.45) is 1.61. The van der Waals surface area contributed by atoms with Gasteiger partial charge in [-0.15, -0.1) is 0 Å². The van der Waals surface area contributed by atoms with Crippen LogP contribution < -0.4 is 0 Å². The number of carbonyl (C=O) groups excluding carboxylic acids is 1. The van der Waals surface area contributed by atoms with Crippen molar-refractivity contribution in [3.05, 3.63) is 22.4 Å². The van der Waals surface area contributed by atoms with Crippen molar-refractivity contribution < 1.29 is 14.7 Å². The predicted molar refractivity (Wildman–Crippen MR) is 77.9 cm³/mol. The lowest BCUT2D eigenvalue weighted by atomic mass is 9.95. The Hall–Kier alpha value is -1.40. The van der Waals surface area contributed by atoms with Gasteiger partial charge in [0.05, 0.1) is 6.42 Å². The maximum Gasteiger partial charge on any atom is 0.326 e. The number of carbonyl (C=O) groups is 2. The van der Waals surface area contributed by atoms with Gasteiger partial charge in [-0.05, 0) is 49.3 Å². The fraction of sp³-hybridized carbons (Fsp3) is 0.571. The molecule has 0 unspecified atom stereocenters. The van der Waals surface area contributed by atoms with E-state index in [1.165, 1.54) is 4.90 Å². The van der Waals surface area contributed by atoms with E-state index in [0.717, 1.165) is 12.0 Å². The molecule has 1 saturated heterocycles. The molecule has 0 spiro atoms. The summed E-state index contributed by atoms with van der Waals surface area (Å²) in [5.41, 5.74) is 0.957. The van der Waals surface area contributed by atoms with Gasteiger partial charge in [0, 0.05) is 12.6 Å². The molecule has 1 N–H and O–H groups in total. The minimum atomic E-state index is -0.907. The van der Waals surface area contributed by atoms with Crippen LogP contribution in [0.2, 0.25) is 0 Å². The van der Waals surface area contributed by atoms with Crippen molar-refractivity contribution >= 4 is 23.2 Å². The molecule has 2 rings (SSSR count). The Morgan fingerprint density at radius 3 is 2.80 bits per heavy atom. The Morgan fingerprint density at radius 2 is 2.25 bits per heavy atom.